The topological polar surface area (TPSA) is 273 Å². The fourth-order valence-electron chi connectivity index (χ4n) is 3.52. The number of nitrogen functional groups attached to an aromatic ring is 1. The number of carbonyl (C=O) groups is 4. The summed E-state index contributed by atoms with van der Waals surface area (Å²) in [5.41, 5.74) is 7.10. The van der Waals surface area contributed by atoms with Crippen LogP contribution in [-0.4, -0.2) is 69.3 Å². The second kappa shape index (κ2) is 16.9. The number of aliphatic carboxylic acids is 2. The van der Waals surface area contributed by atoms with E-state index < -0.39 is 11.9 Å². The van der Waals surface area contributed by atoms with Gasteiger partial charge in [-0.15, -0.1) is 20.4 Å². The highest BCUT2D eigenvalue weighted by atomic mass is 16.4. The SMILES string of the molecule is N#Cc1ncccc1N.O=C(O)CCCC(=O)Nc1cccnc1-c1nnc(-c2ncccc2NC(=O)CCCC(=O)O)nn1. The van der Waals surface area contributed by atoms with Gasteiger partial charge in [-0.2, -0.15) is 5.26 Å². The Labute approximate surface area is 255 Å². The van der Waals surface area contributed by atoms with Crippen LogP contribution in [0.25, 0.3) is 23.0 Å². The summed E-state index contributed by atoms with van der Waals surface area (Å²) in [5, 5.41) is 47.2. The normalized spacial score (nSPS) is 10.0. The molecule has 0 aliphatic heterocycles. The Morgan fingerprint density at radius 1 is 0.689 bits per heavy atom. The summed E-state index contributed by atoms with van der Waals surface area (Å²) in [5.74, 6) is -2.69. The molecule has 17 heteroatoms. The van der Waals surface area contributed by atoms with Gasteiger partial charge >= 0.3 is 11.9 Å². The van der Waals surface area contributed by atoms with Gasteiger partial charge in [-0.25, -0.2) is 4.98 Å². The smallest absolute Gasteiger partial charge is 0.303 e. The largest absolute Gasteiger partial charge is 0.481 e. The molecule has 6 N–H and O–H groups in total. The van der Waals surface area contributed by atoms with Crippen molar-refractivity contribution >= 4 is 40.8 Å². The number of carbonyl (C=O) groups excluding carboxylic acids is 2. The molecule has 0 bridgehead atoms. The number of hydrogen-bond acceptors (Lipinski definition) is 13. The highest BCUT2D eigenvalue weighted by Gasteiger charge is 2.17. The summed E-state index contributed by atoms with van der Waals surface area (Å²) >= 11 is 0. The second-order valence-electron chi connectivity index (χ2n) is 8.99. The molecule has 0 spiro atoms. The van der Waals surface area contributed by atoms with Crippen molar-refractivity contribution in [2.75, 3.05) is 16.4 Å². The highest BCUT2D eigenvalue weighted by molar-refractivity contribution is 5.95. The molecule has 0 radical (unpaired) electrons. The molecule has 0 unspecified atom stereocenters. The standard InChI is InChI=1S/C22H22N8O6.C6H5N3/c31-15(7-1-9-17(33)34)25-13-5-3-11-23-19(13)21-27-29-22(30-28-21)20-14(6-4-12-24-20)26-16(32)8-2-10-18(35)36;7-4-6-5(8)2-1-3-9-6/h3-6,11-12H,1-2,7-10H2,(H,25,31)(H,26,32)(H,33,34)(H,35,36);1-3H,8H2. The van der Waals surface area contributed by atoms with Crippen LogP contribution in [0.2, 0.25) is 0 Å². The number of amides is 2. The zero-order chi connectivity index (χ0) is 32.6. The Hall–Kier alpha value is -6.44. The molecule has 0 aliphatic rings. The number of nitrogens with one attached hydrogen (secondary N) is 2. The van der Waals surface area contributed by atoms with E-state index in [1.807, 2.05) is 6.07 Å². The monoisotopic (exact) mass is 613 g/mol. The van der Waals surface area contributed by atoms with Gasteiger partial charge in [0.1, 0.15) is 17.5 Å². The molecule has 4 rings (SSSR count). The van der Waals surface area contributed by atoms with Gasteiger partial charge in [0.05, 0.1) is 17.1 Å². The molecule has 45 heavy (non-hydrogen) atoms. The van der Waals surface area contributed by atoms with Crippen molar-refractivity contribution in [2.24, 2.45) is 0 Å². The number of nitriles is 1. The van der Waals surface area contributed by atoms with E-state index in [2.05, 4.69) is 46.0 Å². The lowest BCUT2D eigenvalue weighted by atomic mass is 10.2. The molecule has 0 aromatic carbocycles. The predicted molar refractivity (Wildman–Crippen MR) is 158 cm³/mol. The minimum absolute atomic E-state index is 0.0153. The molecule has 0 fully saturated rings. The second-order valence-corrected chi connectivity index (χ2v) is 8.99. The zero-order valence-corrected chi connectivity index (χ0v) is 23.6. The Morgan fingerprint density at radius 2 is 1.11 bits per heavy atom. The van der Waals surface area contributed by atoms with E-state index in [1.54, 1.807) is 36.4 Å². The predicted octanol–water partition coefficient (Wildman–Crippen LogP) is 2.31. The van der Waals surface area contributed by atoms with Crippen LogP contribution in [0, 0.1) is 11.3 Å². The molecule has 230 valence electrons. The van der Waals surface area contributed by atoms with Crippen molar-refractivity contribution in [3.05, 3.63) is 60.7 Å². The molecule has 0 saturated carbocycles. The van der Waals surface area contributed by atoms with Crippen LogP contribution >= 0.6 is 0 Å². The minimum Gasteiger partial charge on any atom is -0.481 e. The van der Waals surface area contributed by atoms with Crippen molar-refractivity contribution in [2.45, 2.75) is 38.5 Å². The molecule has 0 aliphatic carbocycles. The molecular formula is C28H27N11O6. The fraction of sp³-hybridized carbons (Fsp3) is 0.214. The van der Waals surface area contributed by atoms with Crippen molar-refractivity contribution in [3.63, 3.8) is 0 Å². The van der Waals surface area contributed by atoms with Crippen molar-refractivity contribution in [3.8, 4) is 29.1 Å². The molecule has 17 nitrogen and oxygen atoms in total. The van der Waals surface area contributed by atoms with Crippen LogP contribution in [0.15, 0.2) is 55.0 Å². The molecule has 0 atom stereocenters. The van der Waals surface area contributed by atoms with Crippen LogP contribution in [0.3, 0.4) is 0 Å². The summed E-state index contributed by atoms with van der Waals surface area (Å²) in [7, 11) is 0. The molecular weight excluding hydrogens is 586 g/mol. The summed E-state index contributed by atoms with van der Waals surface area (Å²) in [6.45, 7) is 0. The first kappa shape index (κ1) is 33.1. The number of rotatable bonds is 12. The van der Waals surface area contributed by atoms with Crippen LogP contribution in [-0.2, 0) is 19.2 Å². The van der Waals surface area contributed by atoms with Gasteiger partial charge in [-0.3, -0.25) is 29.1 Å². The highest BCUT2D eigenvalue weighted by Crippen LogP contribution is 2.24. The number of aromatic nitrogens is 7. The fourth-order valence-corrected chi connectivity index (χ4v) is 3.52. The third-order valence-electron chi connectivity index (χ3n) is 5.60. The van der Waals surface area contributed by atoms with Gasteiger partial charge in [0, 0.05) is 44.3 Å². The van der Waals surface area contributed by atoms with E-state index in [1.165, 1.54) is 18.6 Å². The van der Waals surface area contributed by atoms with Gasteiger partial charge in [-0.1, -0.05) is 0 Å². The summed E-state index contributed by atoms with van der Waals surface area (Å²) in [6, 6.07) is 11.6. The number of anilines is 3. The lowest BCUT2D eigenvalue weighted by Gasteiger charge is -2.10. The molecule has 4 aromatic heterocycles. The van der Waals surface area contributed by atoms with Crippen molar-refractivity contribution in [1.82, 2.24) is 35.3 Å². The average molecular weight is 614 g/mol. The zero-order valence-electron chi connectivity index (χ0n) is 23.6. The number of carboxylic acids is 2. The number of carboxylic acid groups (broad SMARTS) is 2. The van der Waals surface area contributed by atoms with E-state index in [9.17, 15) is 19.2 Å². The molecule has 0 saturated heterocycles. The molecule has 4 aromatic rings. The maximum Gasteiger partial charge on any atom is 0.303 e. The Balaban J connectivity index is 0.000000525. The number of nitrogens with zero attached hydrogens (tertiary/aromatic N) is 8. The quantitative estimate of drug-likeness (QED) is 0.153. The average Bonchev–Trinajstić information content (AvgIpc) is 3.02. The lowest BCUT2D eigenvalue weighted by Crippen LogP contribution is -2.14. The first-order valence-electron chi connectivity index (χ1n) is 13.3. The lowest BCUT2D eigenvalue weighted by molar-refractivity contribution is -0.138. The number of nitrogens with two attached hydrogens (primary N) is 1. The van der Waals surface area contributed by atoms with E-state index in [4.69, 9.17) is 21.2 Å². The van der Waals surface area contributed by atoms with Gasteiger partial charge in [0.15, 0.2) is 5.69 Å². The molecule has 2 amide bonds. The maximum atomic E-state index is 12.2. The van der Waals surface area contributed by atoms with Crippen molar-refractivity contribution < 1.29 is 29.4 Å². The first-order valence-corrected chi connectivity index (χ1v) is 13.3. The van der Waals surface area contributed by atoms with E-state index in [0.29, 0.717) is 17.1 Å². The third kappa shape index (κ3) is 10.7. The van der Waals surface area contributed by atoms with Gasteiger partial charge in [0.2, 0.25) is 23.5 Å². The number of pyridine rings is 3. The third-order valence-corrected chi connectivity index (χ3v) is 5.60. The van der Waals surface area contributed by atoms with Crippen LogP contribution in [0.4, 0.5) is 17.1 Å². The van der Waals surface area contributed by atoms with E-state index in [-0.39, 0.29) is 79.1 Å². The Kier molecular flexibility index (Phi) is 12.4. The summed E-state index contributed by atoms with van der Waals surface area (Å²) in [4.78, 5) is 57.7. The molecule has 4 heterocycles. The van der Waals surface area contributed by atoms with Gasteiger partial charge in [0.25, 0.3) is 0 Å². The minimum atomic E-state index is -0.982. The van der Waals surface area contributed by atoms with E-state index >= 15 is 0 Å². The Bertz CT molecular complexity index is 1600. The van der Waals surface area contributed by atoms with Gasteiger partial charge < -0.3 is 26.6 Å². The van der Waals surface area contributed by atoms with Crippen LogP contribution in [0.5, 0.6) is 0 Å². The van der Waals surface area contributed by atoms with Gasteiger partial charge in [-0.05, 0) is 49.2 Å². The van der Waals surface area contributed by atoms with E-state index in [0.717, 1.165) is 0 Å². The number of hydrogen-bond donors (Lipinski definition) is 5. The van der Waals surface area contributed by atoms with Crippen LogP contribution in [0.1, 0.15) is 44.2 Å². The Morgan fingerprint density at radius 3 is 1.49 bits per heavy atom. The van der Waals surface area contributed by atoms with Crippen LogP contribution < -0.4 is 16.4 Å². The maximum absolute atomic E-state index is 12.2. The van der Waals surface area contributed by atoms with Crippen molar-refractivity contribution in [1.29, 1.82) is 5.26 Å². The summed E-state index contributed by atoms with van der Waals surface area (Å²) < 4.78 is 0. The summed E-state index contributed by atoms with van der Waals surface area (Å²) in [6.07, 6.45) is 4.65. The first-order chi connectivity index (χ1) is 21.7.